The Kier molecular flexibility index (Phi) is 4.19. The molecule has 0 saturated heterocycles. The van der Waals surface area contributed by atoms with Gasteiger partial charge in [0.15, 0.2) is 17.3 Å². The third kappa shape index (κ3) is 2.94. The maximum absolute atomic E-state index is 13.5. The smallest absolute Gasteiger partial charge is 0.231 e. The summed E-state index contributed by atoms with van der Waals surface area (Å²) < 4.78 is 16.8. The largest absolute Gasteiger partial charge is 0.497 e. The Morgan fingerprint density at radius 2 is 1.91 bits per heavy atom. The Morgan fingerprint density at radius 1 is 1.09 bits per heavy atom. The van der Waals surface area contributed by atoms with E-state index < -0.39 is 0 Å². The first-order valence-electron chi connectivity index (χ1n) is 11.3. The second-order valence-electron chi connectivity index (χ2n) is 9.87. The number of benzene rings is 2. The molecule has 2 aromatic rings. The highest BCUT2D eigenvalue weighted by Crippen LogP contribution is 2.51. The third-order valence-electron chi connectivity index (χ3n) is 7.08. The van der Waals surface area contributed by atoms with Crippen molar-refractivity contribution >= 4 is 11.5 Å². The van der Waals surface area contributed by atoms with E-state index in [2.05, 4.69) is 49.1 Å². The van der Waals surface area contributed by atoms with Crippen LogP contribution in [-0.4, -0.2) is 31.1 Å². The van der Waals surface area contributed by atoms with E-state index in [0.717, 1.165) is 47.8 Å². The molecule has 0 radical (unpaired) electrons. The minimum Gasteiger partial charge on any atom is -0.497 e. The van der Waals surface area contributed by atoms with E-state index in [1.807, 2.05) is 12.1 Å². The number of hydrogen-bond acceptors (Lipinski definition) is 5. The quantitative estimate of drug-likeness (QED) is 0.668. The summed E-state index contributed by atoms with van der Waals surface area (Å²) in [5.41, 5.74) is 6.78. The maximum Gasteiger partial charge on any atom is 0.231 e. The van der Waals surface area contributed by atoms with Gasteiger partial charge in [0.2, 0.25) is 6.79 Å². The van der Waals surface area contributed by atoms with Gasteiger partial charge in [-0.15, -0.1) is 0 Å². The highest BCUT2D eigenvalue weighted by atomic mass is 16.7. The molecule has 4 aliphatic rings. The zero-order chi connectivity index (χ0) is 22.0. The molecule has 0 unspecified atom stereocenters. The standard InChI is InChI=1S/C27H27NO4/c1-27(2)13-22-26(23(29)14-27)20(16-5-4-6-18(9-16)30-3)11-21-19-12-25-24(31-15-32-25)10-17(19)7-8-28(21)22/h4-6,9-12,20H,7-8,13-15H2,1-3H3/t20-/m1/s1. The molecule has 0 saturated carbocycles. The molecule has 5 nitrogen and oxygen atoms in total. The number of rotatable bonds is 2. The van der Waals surface area contributed by atoms with Gasteiger partial charge in [-0.25, -0.2) is 0 Å². The molecule has 32 heavy (non-hydrogen) atoms. The third-order valence-corrected chi connectivity index (χ3v) is 7.08. The second-order valence-corrected chi connectivity index (χ2v) is 9.87. The number of carbonyl (C=O) groups is 1. The van der Waals surface area contributed by atoms with Crippen molar-refractivity contribution in [3.63, 3.8) is 0 Å². The fraction of sp³-hybridized carbons (Fsp3) is 0.370. The van der Waals surface area contributed by atoms with Gasteiger partial charge in [-0.2, -0.15) is 0 Å². The van der Waals surface area contributed by atoms with Gasteiger partial charge in [-0.3, -0.25) is 4.79 Å². The summed E-state index contributed by atoms with van der Waals surface area (Å²) in [6.45, 7) is 5.53. The van der Waals surface area contributed by atoms with Crippen LogP contribution in [0.25, 0.3) is 5.70 Å². The number of Topliss-reactive ketones (excluding diaryl/α,β-unsaturated/α-hetero) is 1. The fourth-order valence-electron chi connectivity index (χ4n) is 5.62. The summed E-state index contributed by atoms with van der Waals surface area (Å²) >= 11 is 0. The highest BCUT2D eigenvalue weighted by molar-refractivity contribution is 6.01. The van der Waals surface area contributed by atoms with Crippen molar-refractivity contribution in [3.05, 3.63) is 70.4 Å². The van der Waals surface area contributed by atoms with Crippen LogP contribution in [0.1, 0.15) is 49.3 Å². The molecular formula is C27H27NO4. The van der Waals surface area contributed by atoms with E-state index in [9.17, 15) is 4.79 Å². The number of ketones is 1. The molecule has 0 spiro atoms. The lowest BCUT2D eigenvalue weighted by molar-refractivity contribution is -0.118. The number of ether oxygens (including phenoxy) is 3. The van der Waals surface area contributed by atoms with Gasteiger partial charge >= 0.3 is 0 Å². The van der Waals surface area contributed by atoms with E-state index in [1.165, 1.54) is 22.5 Å². The Labute approximate surface area is 188 Å². The van der Waals surface area contributed by atoms with Gasteiger partial charge in [0.25, 0.3) is 0 Å². The molecule has 0 amide bonds. The Balaban J connectivity index is 1.55. The lowest BCUT2D eigenvalue weighted by atomic mass is 9.69. The zero-order valence-corrected chi connectivity index (χ0v) is 18.7. The Bertz CT molecular complexity index is 1210. The van der Waals surface area contributed by atoms with Gasteiger partial charge in [0, 0.05) is 41.4 Å². The highest BCUT2D eigenvalue weighted by Gasteiger charge is 2.43. The number of fused-ring (bicyclic) bond motifs is 5. The molecule has 2 aromatic carbocycles. The van der Waals surface area contributed by atoms with Crippen LogP contribution < -0.4 is 14.2 Å². The number of nitrogens with zero attached hydrogens (tertiary/aromatic N) is 1. The van der Waals surface area contributed by atoms with Crippen molar-refractivity contribution in [1.82, 2.24) is 4.90 Å². The van der Waals surface area contributed by atoms with Crippen molar-refractivity contribution in [3.8, 4) is 17.2 Å². The molecule has 0 aromatic heterocycles. The van der Waals surface area contributed by atoms with E-state index in [0.29, 0.717) is 6.42 Å². The summed E-state index contributed by atoms with van der Waals surface area (Å²) in [6.07, 6.45) is 4.66. The molecule has 0 bridgehead atoms. The lowest BCUT2D eigenvalue weighted by Gasteiger charge is -2.46. The summed E-state index contributed by atoms with van der Waals surface area (Å²) in [4.78, 5) is 15.9. The monoisotopic (exact) mass is 429 g/mol. The van der Waals surface area contributed by atoms with E-state index >= 15 is 0 Å². The van der Waals surface area contributed by atoms with Crippen molar-refractivity contribution in [2.75, 3.05) is 20.4 Å². The molecule has 5 heteroatoms. The van der Waals surface area contributed by atoms with Crippen LogP contribution >= 0.6 is 0 Å². The molecular weight excluding hydrogens is 402 g/mol. The molecule has 3 aliphatic heterocycles. The molecule has 0 N–H and O–H groups in total. The molecule has 164 valence electrons. The zero-order valence-electron chi connectivity index (χ0n) is 18.7. The topological polar surface area (TPSA) is 48.0 Å². The minimum atomic E-state index is -0.0914. The van der Waals surface area contributed by atoms with Gasteiger partial charge in [-0.05, 0) is 59.7 Å². The van der Waals surface area contributed by atoms with Crippen LogP contribution in [0.5, 0.6) is 17.2 Å². The van der Waals surface area contributed by atoms with Crippen molar-refractivity contribution < 1.29 is 19.0 Å². The van der Waals surface area contributed by atoms with Crippen molar-refractivity contribution in [2.24, 2.45) is 5.41 Å². The second kappa shape index (κ2) is 6.89. The van der Waals surface area contributed by atoms with Gasteiger partial charge in [0.1, 0.15) is 5.75 Å². The average Bonchev–Trinajstić information content (AvgIpc) is 3.23. The predicted molar refractivity (Wildman–Crippen MR) is 122 cm³/mol. The van der Waals surface area contributed by atoms with Crippen LogP contribution in [0.3, 0.4) is 0 Å². The molecule has 1 atom stereocenters. The van der Waals surface area contributed by atoms with Crippen LogP contribution in [0.2, 0.25) is 0 Å². The molecule has 3 heterocycles. The van der Waals surface area contributed by atoms with Crippen molar-refractivity contribution in [2.45, 2.75) is 39.0 Å². The normalized spacial score (nSPS) is 22.7. The van der Waals surface area contributed by atoms with Crippen LogP contribution in [0.15, 0.2) is 53.7 Å². The maximum atomic E-state index is 13.5. The van der Waals surface area contributed by atoms with Gasteiger partial charge in [0.05, 0.1) is 7.11 Å². The first-order chi connectivity index (χ1) is 15.4. The molecule has 0 fully saturated rings. The van der Waals surface area contributed by atoms with Crippen LogP contribution in [-0.2, 0) is 11.2 Å². The summed E-state index contributed by atoms with van der Waals surface area (Å²) in [5, 5.41) is 0. The molecule has 6 rings (SSSR count). The molecule has 1 aliphatic carbocycles. The Hall–Kier alpha value is -3.21. The van der Waals surface area contributed by atoms with Crippen LogP contribution in [0.4, 0.5) is 0 Å². The predicted octanol–water partition coefficient (Wildman–Crippen LogP) is 5.06. The summed E-state index contributed by atoms with van der Waals surface area (Å²) in [5.74, 6) is 2.60. The first-order valence-corrected chi connectivity index (χ1v) is 11.3. The van der Waals surface area contributed by atoms with Gasteiger partial charge in [-0.1, -0.05) is 26.0 Å². The number of carbonyl (C=O) groups excluding carboxylic acids is 1. The summed E-state index contributed by atoms with van der Waals surface area (Å²) in [7, 11) is 1.68. The SMILES string of the molecule is COc1cccc([C@H]2C=C3c4cc5c(cc4CCN3C3=C2C(=O)CC(C)(C)C3)OCO5)c1. The summed E-state index contributed by atoms with van der Waals surface area (Å²) in [6, 6.07) is 12.3. The minimum absolute atomic E-state index is 0.0491. The lowest BCUT2D eigenvalue weighted by Crippen LogP contribution is -2.40. The number of allylic oxidation sites excluding steroid dienone is 3. The fourth-order valence-corrected chi connectivity index (χ4v) is 5.62. The van der Waals surface area contributed by atoms with Gasteiger partial charge < -0.3 is 19.1 Å². The van der Waals surface area contributed by atoms with E-state index in [1.54, 1.807) is 7.11 Å². The van der Waals surface area contributed by atoms with Crippen LogP contribution in [0, 0.1) is 5.41 Å². The van der Waals surface area contributed by atoms with E-state index in [-0.39, 0.29) is 23.9 Å². The average molecular weight is 430 g/mol. The first kappa shape index (κ1) is 19.5. The van der Waals surface area contributed by atoms with E-state index in [4.69, 9.17) is 14.2 Å². The van der Waals surface area contributed by atoms with Crippen molar-refractivity contribution in [1.29, 1.82) is 0 Å². The number of hydrogen-bond donors (Lipinski definition) is 0. The Morgan fingerprint density at radius 3 is 2.72 bits per heavy atom. The number of methoxy groups -OCH3 is 1.